The molecule has 3 aromatic rings. The summed E-state index contributed by atoms with van der Waals surface area (Å²) in [7, 11) is 0. The van der Waals surface area contributed by atoms with E-state index in [9.17, 15) is 15.8 Å². The maximum atomic E-state index is 10.5. The second-order valence-electron chi connectivity index (χ2n) is 8.77. The fourth-order valence-electron chi connectivity index (χ4n) is 5.24. The van der Waals surface area contributed by atoms with Crippen LogP contribution < -0.4 is 4.74 Å². The van der Waals surface area contributed by atoms with Crippen molar-refractivity contribution >= 4 is 17.5 Å². The summed E-state index contributed by atoms with van der Waals surface area (Å²) in [5.41, 5.74) is -3.07. The van der Waals surface area contributed by atoms with Gasteiger partial charge in [0.2, 0.25) is 17.1 Å². The van der Waals surface area contributed by atoms with Crippen LogP contribution in [0, 0.1) is 56.2 Å². The monoisotopic (exact) mass is 494 g/mol. The largest absolute Gasteiger partial charge is 0.457 e. The zero-order valence-electron chi connectivity index (χ0n) is 19.1. The van der Waals surface area contributed by atoms with Crippen LogP contribution in [-0.2, 0) is 15.3 Å². The second kappa shape index (κ2) is 8.40. The topological polar surface area (TPSA) is 123 Å². The third-order valence-corrected chi connectivity index (χ3v) is 7.27. The smallest absolute Gasteiger partial charge is 0.244 e. The Morgan fingerprint density at radius 3 is 2.25 bits per heavy atom. The van der Waals surface area contributed by atoms with Crippen molar-refractivity contribution in [2.75, 3.05) is 0 Å². The van der Waals surface area contributed by atoms with Gasteiger partial charge in [-0.15, -0.1) is 0 Å². The predicted octanol–water partition coefficient (Wildman–Crippen LogP) is 6.24. The van der Waals surface area contributed by atoms with Crippen molar-refractivity contribution in [1.82, 2.24) is 0 Å². The normalized spacial score (nSPS) is 27.7. The van der Waals surface area contributed by atoms with Gasteiger partial charge in [0.25, 0.3) is 0 Å². The lowest BCUT2D eigenvalue weighted by Gasteiger charge is -2.48. The van der Waals surface area contributed by atoms with Crippen LogP contribution in [0.2, 0.25) is 5.02 Å². The molecule has 5 rings (SSSR count). The second-order valence-corrected chi connectivity index (χ2v) is 9.20. The van der Waals surface area contributed by atoms with Crippen molar-refractivity contribution in [2.24, 2.45) is 16.7 Å². The first-order valence-electron chi connectivity index (χ1n) is 11.2. The molecule has 0 amide bonds. The first kappa shape index (κ1) is 23.4. The molecule has 36 heavy (non-hydrogen) atoms. The van der Waals surface area contributed by atoms with Gasteiger partial charge >= 0.3 is 0 Å². The highest BCUT2D eigenvalue weighted by Gasteiger charge is 2.79. The molecule has 176 valence electrons. The Kier molecular flexibility index (Phi) is 5.46. The van der Waals surface area contributed by atoms with Crippen molar-refractivity contribution in [2.45, 2.75) is 18.8 Å². The van der Waals surface area contributed by atoms with Crippen LogP contribution in [0.1, 0.15) is 24.2 Å². The van der Waals surface area contributed by atoms with Crippen LogP contribution >= 0.6 is 11.6 Å². The molecule has 1 N–H and O–H groups in total. The summed E-state index contributed by atoms with van der Waals surface area (Å²) in [6, 6.07) is 28.9. The third kappa shape index (κ3) is 3.03. The number of nitrogens with one attached hydrogen (secondary N) is 1. The minimum Gasteiger partial charge on any atom is -0.457 e. The van der Waals surface area contributed by atoms with E-state index in [4.69, 9.17) is 31.2 Å². The summed E-state index contributed by atoms with van der Waals surface area (Å²) >= 11 is 6.26. The summed E-state index contributed by atoms with van der Waals surface area (Å²) in [5, 5.41) is 40.4. The molecule has 4 atom stereocenters. The number of halogens is 1. The maximum Gasteiger partial charge on any atom is 0.244 e. The number of para-hydroxylation sites is 1. The fourth-order valence-corrected chi connectivity index (χ4v) is 5.43. The molecule has 2 heterocycles. The van der Waals surface area contributed by atoms with Gasteiger partial charge < -0.3 is 14.2 Å². The van der Waals surface area contributed by atoms with Crippen molar-refractivity contribution in [1.29, 1.82) is 21.2 Å². The van der Waals surface area contributed by atoms with Crippen molar-refractivity contribution in [3.8, 4) is 29.7 Å². The van der Waals surface area contributed by atoms with E-state index >= 15 is 0 Å². The number of hydrogen-bond donors (Lipinski definition) is 1. The van der Waals surface area contributed by atoms with Gasteiger partial charge in [-0.2, -0.15) is 15.8 Å². The van der Waals surface area contributed by atoms with E-state index in [0.29, 0.717) is 27.6 Å². The molecule has 0 radical (unpaired) electrons. The molecule has 3 aromatic carbocycles. The van der Waals surface area contributed by atoms with Gasteiger partial charge in [0.1, 0.15) is 17.6 Å². The van der Waals surface area contributed by atoms with Gasteiger partial charge in [-0.05, 0) is 42.0 Å². The Labute approximate surface area is 213 Å². The Balaban J connectivity index is 1.71. The number of benzene rings is 3. The van der Waals surface area contributed by atoms with Crippen LogP contribution in [0.5, 0.6) is 11.5 Å². The highest BCUT2D eigenvalue weighted by Crippen LogP contribution is 2.69. The molecule has 2 aliphatic heterocycles. The standard InChI is InChI=1S/C28H19ClN4O3/c1-18-27(17-32)25(33)36-28(18,20-8-6-9-21(29)14-20)35-24(26(27,15-30)16-31)19-7-5-12-23(13-19)34-22-10-3-2-4-11-22/h2-14,18,24,33H,1H3. The summed E-state index contributed by atoms with van der Waals surface area (Å²) in [6.07, 6.45) is -1.25. The third-order valence-electron chi connectivity index (χ3n) is 7.04. The van der Waals surface area contributed by atoms with Gasteiger partial charge in [0.15, 0.2) is 5.41 Å². The quantitative estimate of drug-likeness (QED) is 0.457. The van der Waals surface area contributed by atoms with Crippen LogP contribution in [0.3, 0.4) is 0 Å². The molecule has 4 unspecified atom stereocenters. The summed E-state index contributed by atoms with van der Waals surface area (Å²) in [5.74, 6) is -1.92. The first-order chi connectivity index (χ1) is 17.4. The number of nitriles is 3. The van der Waals surface area contributed by atoms with Crippen LogP contribution in [0.4, 0.5) is 0 Å². The lowest BCUT2D eigenvalue weighted by Crippen LogP contribution is -2.57. The Bertz CT molecular complexity index is 1470. The van der Waals surface area contributed by atoms with Crippen LogP contribution in [0.15, 0.2) is 78.9 Å². The molecule has 2 aliphatic rings. The molecule has 2 saturated heterocycles. The van der Waals surface area contributed by atoms with Crippen LogP contribution in [0.25, 0.3) is 0 Å². The maximum absolute atomic E-state index is 10.5. The molecular weight excluding hydrogens is 476 g/mol. The van der Waals surface area contributed by atoms with Crippen molar-refractivity contribution < 1.29 is 14.2 Å². The summed E-state index contributed by atoms with van der Waals surface area (Å²) in [4.78, 5) is 0. The van der Waals surface area contributed by atoms with E-state index in [2.05, 4.69) is 6.07 Å². The lowest BCUT2D eigenvalue weighted by atomic mass is 9.53. The zero-order valence-corrected chi connectivity index (χ0v) is 19.9. The summed E-state index contributed by atoms with van der Waals surface area (Å²) in [6.45, 7) is 1.65. The number of hydrogen-bond acceptors (Lipinski definition) is 7. The van der Waals surface area contributed by atoms with Gasteiger partial charge in [0.05, 0.1) is 24.1 Å². The SMILES string of the molecule is CC1C2(c3cccc(Cl)c3)OC(=N)C1(C#N)C(C#N)(C#N)C(c1cccc(Oc3ccccc3)c1)O2. The molecule has 0 saturated carbocycles. The van der Waals surface area contributed by atoms with Crippen molar-refractivity contribution in [3.05, 3.63) is 95.0 Å². The molecule has 2 fully saturated rings. The fraction of sp³-hybridized carbons (Fsp3) is 0.214. The average Bonchev–Trinajstić information content (AvgIpc) is 3.06. The molecule has 0 aliphatic carbocycles. The number of nitrogens with zero attached hydrogens (tertiary/aromatic N) is 3. The Hall–Kier alpha value is -4.35. The number of ether oxygens (including phenoxy) is 3. The summed E-state index contributed by atoms with van der Waals surface area (Å²) < 4.78 is 18.5. The van der Waals surface area contributed by atoms with Gasteiger partial charge in [-0.3, -0.25) is 5.41 Å². The van der Waals surface area contributed by atoms with E-state index in [1.165, 1.54) is 0 Å². The van der Waals surface area contributed by atoms with E-state index in [0.717, 1.165) is 0 Å². The Morgan fingerprint density at radius 2 is 1.58 bits per heavy atom. The predicted molar refractivity (Wildman–Crippen MR) is 130 cm³/mol. The number of rotatable bonds is 4. The van der Waals surface area contributed by atoms with E-state index < -0.39 is 34.5 Å². The zero-order chi connectivity index (χ0) is 25.6. The Morgan fingerprint density at radius 1 is 0.889 bits per heavy atom. The molecule has 0 aromatic heterocycles. The highest BCUT2D eigenvalue weighted by atomic mass is 35.5. The molecule has 7 nitrogen and oxygen atoms in total. The average molecular weight is 495 g/mol. The van der Waals surface area contributed by atoms with Gasteiger partial charge in [-0.1, -0.05) is 61.0 Å². The molecule has 2 bridgehead atoms. The minimum atomic E-state index is -2.08. The first-order valence-corrected chi connectivity index (χ1v) is 11.5. The van der Waals surface area contributed by atoms with Crippen LogP contribution in [-0.4, -0.2) is 5.90 Å². The number of fused-ring (bicyclic) bond motifs is 2. The van der Waals surface area contributed by atoms with Crippen molar-refractivity contribution in [3.63, 3.8) is 0 Å². The van der Waals surface area contributed by atoms with E-state index in [1.54, 1.807) is 67.6 Å². The molecule has 0 spiro atoms. The van der Waals surface area contributed by atoms with E-state index in [-0.39, 0.29) is 0 Å². The highest BCUT2D eigenvalue weighted by molar-refractivity contribution is 6.30. The molecular formula is C28H19ClN4O3. The van der Waals surface area contributed by atoms with Gasteiger partial charge in [0, 0.05) is 10.6 Å². The van der Waals surface area contributed by atoms with E-state index in [1.807, 2.05) is 30.3 Å². The van der Waals surface area contributed by atoms with Gasteiger partial charge in [-0.25, -0.2) is 0 Å². The molecule has 8 heteroatoms. The minimum absolute atomic E-state index is 0.412. The lowest BCUT2D eigenvalue weighted by molar-refractivity contribution is -0.288.